The van der Waals surface area contributed by atoms with E-state index in [0.717, 1.165) is 0 Å². The van der Waals surface area contributed by atoms with Crippen LogP contribution in [0.3, 0.4) is 0 Å². The van der Waals surface area contributed by atoms with Crippen molar-refractivity contribution in [2.45, 2.75) is 26.7 Å². The molecule has 1 aliphatic carbocycles. The summed E-state index contributed by atoms with van der Waals surface area (Å²) in [7, 11) is 0. The molecule has 1 saturated carbocycles. The Hall–Kier alpha value is -1.31. The quantitative estimate of drug-likeness (QED) is 0.786. The first-order chi connectivity index (χ1) is 6.94. The van der Waals surface area contributed by atoms with Gasteiger partial charge in [0, 0.05) is 5.92 Å². The number of benzene rings is 1. The van der Waals surface area contributed by atoms with Crippen LogP contribution in [-0.2, 0) is 4.79 Å². The summed E-state index contributed by atoms with van der Waals surface area (Å²) in [5, 5.41) is 0. The molecular weight excluding hydrogens is 186 g/mol. The maximum absolute atomic E-state index is 11.3. The summed E-state index contributed by atoms with van der Waals surface area (Å²) in [6.07, 6.45) is 0. The minimum Gasteiger partial charge on any atom is -0.369 e. The van der Waals surface area contributed by atoms with E-state index in [-0.39, 0.29) is 17.2 Å². The van der Waals surface area contributed by atoms with E-state index < -0.39 is 0 Å². The van der Waals surface area contributed by atoms with E-state index in [0.29, 0.717) is 5.92 Å². The van der Waals surface area contributed by atoms with Gasteiger partial charge in [-0.15, -0.1) is 0 Å². The van der Waals surface area contributed by atoms with Crippen LogP contribution >= 0.6 is 0 Å². The second-order valence-electron chi connectivity index (χ2n) is 5.09. The third-order valence-electron chi connectivity index (χ3n) is 3.57. The molecule has 2 nitrogen and oxygen atoms in total. The first-order valence-electron chi connectivity index (χ1n) is 5.30. The van der Waals surface area contributed by atoms with E-state index >= 15 is 0 Å². The van der Waals surface area contributed by atoms with Crippen molar-refractivity contribution in [2.75, 3.05) is 0 Å². The average Bonchev–Trinajstić information content (AvgIpc) is 2.70. The van der Waals surface area contributed by atoms with Crippen LogP contribution in [0.4, 0.5) is 0 Å². The zero-order valence-electron chi connectivity index (χ0n) is 9.45. The highest BCUT2D eigenvalue weighted by molar-refractivity contribution is 5.83. The Labute approximate surface area is 90.5 Å². The van der Waals surface area contributed by atoms with Gasteiger partial charge >= 0.3 is 0 Å². The Morgan fingerprint density at radius 2 is 1.80 bits per heavy atom. The van der Waals surface area contributed by atoms with E-state index in [1.165, 1.54) is 11.1 Å². The molecule has 0 unspecified atom stereocenters. The molecule has 1 aromatic rings. The summed E-state index contributed by atoms with van der Waals surface area (Å²) in [5.41, 5.74) is 7.90. The Kier molecular flexibility index (Phi) is 2.10. The maximum Gasteiger partial charge on any atom is 0.221 e. The van der Waals surface area contributed by atoms with E-state index in [1.54, 1.807) is 0 Å². The SMILES string of the molecule is Cc1ccc([C@H]2[C@H](C(N)=O)C2(C)C)cc1. The van der Waals surface area contributed by atoms with Gasteiger partial charge in [-0.25, -0.2) is 0 Å². The van der Waals surface area contributed by atoms with Gasteiger partial charge in [0.2, 0.25) is 5.91 Å². The number of aryl methyl sites for hydroxylation is 1. The number of amides is 1. The second kappa shape index (κ2) is 3.09. The van der Waals surface area contributed by atoms with E-state index in [1.807, 2.05) is 0 Å². The predicted octanol–water partition coefficient (Wildman–Crippen LogP) is 2.22. The molecule has 0 radical (unpaired) electrons. The molecule has 0 bridgehead atoms. The van der Waals surface area contributed by atoms with Gasteiger partial charge in [-0.2, -0.15) is 0 Å². The number of rotatable bonds is 2. The van der Waals surface area contributed by atoms with E-state index in [2.05, 4.69) is 45.0 Å². The zero-order chi connectivity index (χ0) is 11.2. The van der Waals surface area contributed by atoms with Crippen molar-refractivity contribution < 1.29 is 4.79 Å². The summed E-state index contributed by atoms with van der Waals surface area (Å²) in [5.74, 6) is 0.126. The fourth-order valence-corrected chi connectivity index (χ4v) is 2.56. The second-order valence-corrected chi connectivity index (χ2v) is 5.09. The molecule has 0 saturated heterocycles. The van der Waals surface area contributed by atoms with E-state index in [4.69, 9.17) is 5.73 Å². The molecule has 15 heavy (non-hydrogen) atoms. The lowest BCUT2D eigenvalue weighted by Crippen LogP contribution is -2.16. The fraction of sp³-hybridized carbons (Fsp3) is 0.462. The van der Waals surface area contributed by atoms with E-state index in [9.17, 15) is 4.79 Å². The van der Waals surface area contributed by atoms with Gasteiger partial charge in [0.05, 0.1) is 5.92 Å². The fourth-order valence-electron chi connectivity index (χ4n) is 2.56. The predicted molar refractivity (Wildman–Crippen MR) is 60.4 cm³/mol. The lowest BCUT2D eigenvalue weighted by atomic mass is 10.0. The number of hydrogen-bond acceptors (Lipinski definition) is 1. The van der Waals surface area contributed by atoms with Gasteiger partial charge in [0.25, 0.3) is 0 Å². The van der Waals surface area contributed by atoms with Crippen LogP contribution in [0.25, 0.3) is 0 Å². The van der Waals surface area contributed by atoms with Crippen molar-refractivity contribution in [3.05, 3.63) is 35.4 Å². The lowest BCUT2D eigenvalue weighted by molar-refractivity contribution is -0.119. The topological polar surface area (TPSA) is 43.1 Å². The molecule has 80 valence electrons. The van der Waals surface area contributed by atoms with Crippen molar-refractivity contribution in [2.24, 2.45) is 17.1 Å². The molecule has 1 amide bonds. The monoisotopic (exact) mass is 203 g/mol. The van der Waals surface area contributed by atoms with Gasteiger partial charge in [0.15, 0.2) is 0 Å². The number of hydrogen-bond donors (Lipinski definition) is 1. The Morgan fingerprint density at radius 1 is 1.27 bits per heavy atom. The van der Waals surface area contributed by atoms with Crippen LogP contribution in [0.15, 0.2) is 24.3 Å². The summed E-state index contributed by atoms with van der Waals surface area (Å²) >= 11 is 0. The van der Waals surface area contributed by atoms with Crippen molar-refractivity contribution in [1.29, 1.82) is 0 Å². The molecule has 0 aliphatic heterocycles. The zero-order valence-corrected chi connectivity index (χ0v) is 9.45. The molecule has 1 fully saturated rings. The normalized spacial score (nSPS) is 27.4. The minimum absolute atomic E-state index is 0.000191. The van der Waals surface area contributed by atoms with Gasteiger partial charge in [0.1, 0.15) is 0 Å². The third-order valence-corrected chi connectivity index (χ3v) is 3.57. The highest BCUT2D eigenvalue weighted by atomic mass is 16.1. The van der Waals surface area contributed by atoms with Gasteiger partial charge < -0.3 is 5.73 Å². The smallest absolute Gasteiger partial charge is 0.221 e. The molecule has 2 atom stereocenters. The molecule has 2 rings (SSSR count). The number of carbonyl (C=O) groups is 1. The van der Waals surface area contributed by atoms with Crippen molar-refractivity contribution in [1.82, 2.24) is 0 Å². The summed E-state index contributed by atoms with van der Waals surface area (Å²) < 4.78 is 0. The van der Waals surface area contributed by atoms with Crippen LogP contribution in [0.5, 0.6) is 0 Å². The van der Waals surface area contributed by atoms with Crippen LogP contribution in [-0.4, -0.2) is 5.91 Å². The molecule has 0 aromatic heterocycles. The number of primary amides is 1. The molecule has 1 aliphatic rings. The van der Waals surface area contributed by atoms with Crippen molar-refractivity contribution in [3.63, 3.8) is 0 Å². The first kappa shape index (κ1) is 10.2. The lowest BCUT2D eigenvalue weighted by Gasteiger charge is -2.02. The molecule has 2 heteroatoms. The summed E-state index contributed by atoms with van der Waals surface area (Å²) in [4.78, 5) is 11.3. The van der Waals surface area contributed by atoms with Crippen LogP contribution in [0, 0.1) is 18.3 Å². The Balaban J connectivity index is 2.27. The first-order valence-corrected chi connectivity index (χ1v) is 5.30. The van der Waals surface area contributed by atoms with Crippen molar-refractivity contribution in [3.8, 4) is 0 Å². The maximum atomic E-state index is 11.3. The highest BCUT2D eigenvalue weighted by Crippen LogP contribution is 2.64. The Morgan fingerprint density at radius 3 is 2.20 bits per heavy atom. The number of nitrogens with two attached hydrogens (primary N) is 1. The summed E-state index contributed by atoms with van der Waals surface area (Å²) in [6, 6.07) is 8.37. The molecule has 0 heterocycles. The highest BCUT2D eigenvalue weighted by Gasteiger charge is 2.61. The van der Waals surface area contributed by atoms with Crippen molar-refractivity contribution >= 4 is 5.91 Å². The van der Waals surface area contributed by atoms with Crippen LogP contribution < -0.4 is 5.73 Å². The molecule has 2 N–H and O–H groups in total. The molecular formula is C13H17NO. The largest absolute Gasteiger partial charge is 0.369 e. The number of carbonyl (C=O) groups excluding carboxylic acids is 1. The molecule has 0 spiro atoms. The standard InChI is InChI=1S/C13H17NO/c1-8-4-6-9(7-5-8)10-11(12(14)15)13(10,2)3/h4-7,10-11H,1-3H3,(H2,14,15)/t10-,11+/m0/s1. The van der Waals surface area contributed by atoms with Gasteiger partial charge in [-0.05, 0) is 17.9 Å². The Bertz CT molecular complexity index is 392. The average molecular weight is 203 g/mol. The summed E-state index contributed by atoms with van der Waals surface area (Å²) in [6.45, 7) is 6.27. The third kappa shape index (κ3) is 1.54. The minimum atomic E-state index is -0.175. The van der Waals surface area contributed by atoms with Gasteiger partial charge in [-0.1, -0.05) is 43.7 Å². The molecule has 1 aromatic carbocycles. The van der Waals surface area contributed by atoms with Gasteiger partial charge in [-0.3, -0.25) is 4.79 Å². The van der Waals surface area contributed by atoms with Crippen LogP contribution in [0.1, 0.15) is 30.9 Å². The van der Waals surface area contributed by atoms with Crippen LogP contribution in [0.2, 0.25) is 0 Å².